The number of nitrogens with zero attached hydrogens (tertiary/aromatic N) is 3. The third-order valence-corrected chi connectivity index (χ3v) is 9.58. The lowest BCUT2D eigenvalue weighted by Gasteiger charge is -2.25. The van der Waals surface area contributed by atoms with E-state index < -0.39 is 18.1 Å². The maximum absolute atomic E-state index is 13.6. The molecule has 0 saturated heterocycles. The number of carbonyl (C=O) groups excluding carboxylic acids is 1. The van der Waals surface area contributed by atoms with Gasteiger partial charge in [0.05, 0.1) is 17.5 Å². The van der Waals surface area contributed by atoms with E-state index in [1.165, 1.54) is 11.9 Å². The first kappa shape index (κ1) is 30.4. The summed E-state index contributed by atoms with van der Waals surface area (Å²) in [5.74, 6) is 1.45. The normalized spacial score (nSPS) is 20.0. The lowest BCUT2D eigenvalue weighted by Crippen LogP contribution is -2.40. The second-order valence-corrected chi connectivity index (χ2v) is 12.6. The minimum absolute atomic E-state index is 0.0366. The number of hydrogen-bond donors (Lipinski definition) is 1. The van der Waals surface area contributed by atoms with Crippen molar-refractivity contribution in [1.29, 1.82) is 0 Å². The van der Waals surface area contributed by atoms with Gasteiger partial charge in [-0.25, -0.2) is 0 Å². The number of benzene rings is 1. The Morgan fingerprint density at radius 3 is 2.67 bits per heavy atom. The first-order valence-corrected chi connectivity index (χ1v) is 15.8. The fraction of sp³-hybridized carbons (Fsp3) is 0.531. The van der Waals surface area contributed by atoms with E-state index in [-0.39, 0.29) is 17.6 Å². The predicted molar refractivity (Wildman–Crippen MR) is 162 cm³/mol. The minimum atomic E-state index is -4.27. The zero-order valence-electron chi connectivity index (χ0n) is 24.5. The van der Waals surface area contributed by atoms with Crippen molar-refractivity contribution in [3.63, 3.8) is 0 Å². The number of unbranched alkanes of at least 4 members (excludes halogenated alkanes) is 1. The van der Waals surface area contributed by atoms with E-state index in [1.54, 1.807) is 4.90 Å². The van der Waals surface area contributed by atoms with E-state index in [0.717, 1.165) is 85.2 Å². The van der Waals surface area contributed by atoms with E-state index in [1.807, 2.05) is 44.2 Å². The summed E-state index contributed by atoms with van der Waals surface area (Å²) in [5.41, 5.74) is 4.31. The van der Waals surface area contributed by atoms with Gasteiger partial charge in [-0.05, 0) is 80.2 Å². The van der Waals surface area contributed by atoms with Gasteiger partial charge in [0.2, 0.25) is 5.88 Å². The van der Waals surface area contributed by atoms with Crippen LogP contribution < -0.4 is 4.72 Å². The molecule has 1 aromatic carbocycles. The molecule has 5 rings (SSSR count). The van der Waals surface area contributed by atoms with Crippen LogP contribution in [0.1, 0.15) is 92.7 Å². The van der Waals surface area contributed by atoms with Crippen molar-refractivity contribution >= 4 is 35.1 Å². The average Bonchev–Trinajstić information content (AvgIpc) is 3.64. The molecule has 0 radical (unpaired) electrons. The summed E-state index contributed by atoms with van der Waals surface area (Å²) in [5, 5.41) is 3.96. The maximum Gasteiger partial charge on any atom is 0.389 e. The van der Waals surface area contributed by atoms with Gasteiger partial charge in [0, 0.05) is 18.4 Å². The first-order chi connectivity index (χ1) is 20.1. The Labute approximate surface area is 250 Å². The minimum Gasteiger partial charge on any atom is -0.337 e. The molecule has 1 unspecified atom stereocenters. The Morgan fingerprint density at radius 2 is 1.98 bits per heavy atom. The van der Waals surface area contributed by atoms with Gasteiger partial charge in [-0.1, -0.05) is 67.8 Å². The number of carbonyl (C=O) groups is 1. The number of hydrogen-bond acceptors (Lipinski definition) is 6. The van der Waals surface area contributed by atoms with Crippen molar-refractivity contribution < 1.29 is 22.5 Å². The zero-order valence-corrected chi connectivity index (χ0v) is 25.3. The number of halogens is 3. The standard InChI is InChI=1S/C32H39F3N4O2S/c1-4-5-12-28-36-31(16-8-9-17-31)30(40)39(28)20-23-13-14-25(24(19-23)15-18-32(33,34)35)26-10-6-7-11-27(26)42-38-29-21(2)22(3)37-41-29/h6-7,10,13-14,19,27,38H,4-5,8-9,11-12,15-18,20H2,1-3H3. The quantitative estimate of drug-likeness (QED) is 0.262. The van der Waals surface area contributed by atoms with Crippen LogP contribution >= 0.6 is 11.9 Å². The molecule has 2 heterocycles. The number of amidine groups is 1. The fourth-order valence-electron chi connectivity index (χ4n) is 6.01. The third kappa shape index (κ3) is 6.63. The number of allylic oxidation sites excluding steroid dienone is 3. The van der Waals surface area contributed by atoms with Gasteiger partial charge in [0.15, 0.2) is 0 Å². The van der Waals surface area contributed by atoms with Crippen molar-refractivity contribution in [3.05, 3.63) is 64.4 Å². The van der Waals surface area contributed by atoms with Crippen LogP contribution in [-0.4, -0.2) is 38.8 Å². The Bertz CT molecular complexity index is 1390. The molecule has 1 saturated carbocycles. The molecule has 226 valence electrons. The predicted octanol–water partition coefficient (Wildman–Crippen LogP) is 8.50. The Kier molecular flexibility index (Phi) is 9.20. The smallest absolute Gasteiger partial charge is 0.337 e. The van der Waals surface area contributed by atoms with Crippen LogP contribution in [0.15, 0.2) is 45.9 Å². The van der Waals surface area contributed by atoms with Gasteiger partial charge in [0.25, 0.3) is 5.91 Å². The molecule has 0 bridgehead atoms. The van der Waals surface area contributed by atoms with Gasteiger partial charge < -0.3 is 4.52 Å². The van der Waals surface area contributed by atoms with Crippen LogP contribution in [0.3, 0.4) is 0 Å². The highest BCUT2D eigenvalue weighted by molar-refractivity contribution is 8.01. The molecule has 1 aliphatic heterocycles. The van der Waals surface area contributed by atoms with Crippen LogP contribution in [0.2, 0.25) is 0 Å². The lowest BCUT2D eigenvalue weighted by atomic mass is 9.89. The summed E-state index contributed by atoms with van der Waals surface area (Å²) in [4.78, 5) is 20.4. The molecule has 1 aromatic heterocycles. The second kappa shape index (κ2) is 12.7. The van der Waals surface area contributed by atoms with Crippen LogP contribution in [0.25, 0.3) is 5.57 Å². The zero-order chi connectivity index (χ0) is 29.9. The summed E-state index contributed by atoms with van der Waals surface area (Å²) in [6, 6.07) is 5.75. The molecule has 2 aromatic rings. The highest BCUT2D eigenvalue weighted by Gasteiger charge is 2.49. The van der Waals surface area contributed by atoms with E-state index in [0.29, 0.717) is 18.0 Å². The molecule has 6 nitrogen and oxygen atoms in total. The average molecular weight is 601 g/mol. The molecule has 3 aliphatic rings. The number of aliphatic imine (C=N–C) groups is 1. The van der Waals surface area contributed by atoms with Gasteiger partial charge in [-0.3, -0.25) is 19.4 Å². The topological polar surface area (TPSA) is 70.7 Å². The van der Waals surface area contributed by atoms with E-state index >= 15 is 0 Å². The maximum atomic E-state index is 13.6. The third-order valence-electron chi connectivity index (χ3n) is 8.54. The van der Waals surface area contributed by atoms with E-state index in [4.69, 9.17) is 9.52 Å². The van der Waals surface area contributed by atoms with Crippen LogP contribution in [0.5, 0.6) is 0 Å². The van der Waals surface area contributed by atoms with Crippen molar-refractivity contribution in [3.8, 4) is 0 Å². The van der Waals surface area contributed by atoms with Crippen molar-refractivity contribution in [2.45, 2.75) is 108 Å². The van der Waals surface area contributed by atoms with Crippen LogP contribution in [-0.2, 0) is 17.8 Å². The summed E-state index contributed by atoms with van der Waals surface area (Å²) >= 11 is 1.47. The number of aromatic nitrogens is 1. The summed E-state index contributed by atoms with van der Waals surface area (Å²) < 4.78 is 49.0. The molecule has 2 aliphatic carbocycles. The van der Waals surface area contributed by atoms with Gasteiger partial charge in [0.1, 0.15) is 11.4 Å². The number of alkyl halides is 3. The molecule has 42 heavy (non-hydrogen) atoms. The summed E-state index contributed by atoms with van der Waals surface area (Å²) in [7, 11) is 0. The largest absolute Gasteiger partial charge is 0.389 e. The second-order valence-electron chi connectivity index (χ2n) is 11.6. The monoisotopic (exact) mass is 600 g/mol. The first-order valence-electron chi connectivity index (χ1n) is 14.9. The van der Waals surface area contributed by atoms with E-state index in [2.05, 4.69) is 22.9 Å². The summed E-state index contributed by atoms with van der Waals surface area (Å²) in [6.07, 6.45) is 7.61. The number of aryl methyl sites for hydroxylation is 2. The molecular weight excluding hydrogens is 561 g/mol. The Hall–Kier alpha value is -3.01. The number of rotatable bonds is 11. The van der Waals surface area contributed by atoms with Gasteiger partial charge in [-0.2, -0.15) is 13.2 Å². The molecule has 10 heteroatoms. The van der Waals surface area contributed by atoms with Crippen LogP contribution in [0, 0.1) is 13.8 Å². The summed E-state index contributed by atoms with van der Waals surface area (Å²) in [6.45, 7) is 6.24. The van der Waals surface area contributed by atoms with Crippen LogP contribution in [0.4, 0.5) is 19.1 Å². The SMILES string of the molecule is CCCCC1=NC2(CCCC2)C(=O)N1Cc1ccc(C2=CC=CCC2SNc2onc(C)c2C)c(CCC(F)(F)F)c1. The lowest BCUT2D eigenvalue weighted by molar-refractivity contribution is -0.134. The Morgan fingerprint density at radius 1 is 1.19 bits per heavy atom. The molecule has 1 N–H and O–H groups in total. The van der Waals surface area contributed by atoms with Gasteiger partial charge >= 0.3 is 6.18 Å². The Balaban J connectivity index is 1.41. The molecular formula is C32H39F3N4O2S. The molecule has 1 fully saturated rings. The highest BCUT2D eigenvalue weighted by atomic mass is 32.2. The van der Waals surface area contributed by atoms with Crippen molar-refractivity contribution in [2.24, 2.45) is 4.99 Å². The highest BCUT2D eigenvalue weighted by Crippen LogP contribution is 2.41. The fourth-order valence-corrected chi connectivity index (χ4v) is 6.99. The van der Waals surface area contributed by atoms with Gasteiger partial charge in [-0.15, -0.1) is 0 Å². The molecule has 1 amide bonds. The molecule has 1 spiro atoms. The van der Waals surface area contributed by atoms with E-state index in [9.17, 15) is 18.0 Å². The number of anilines is 1. The number of nitrogens with one attached hydrogen (secondary N) is 1. The van der Waals surface area contributed by atoms with Crippen molar-refractivity contribution in [2.75, 3.05) is 4.72 Å². The molecule has 1 atom stereocenters. The number of amides is 1. The van der Waals surface area contributed by atoms with Crippen molar-refractivity contribution in [1.82, 2.24) is 10.1 Å².